The van der Waals surface area contributed by atoms with Crippen molar-refractivity contribution in [2.75, 3.05) is 5.75 Å². The number of imide groups is 1. The minimum absolute atomic E-state index is 0.356. The van der Waals surface area contributed by atoms with Crippen molar-refractivity contribution in [2.45, 2.75) is 19.9 Å². The number of hydrogen-bond acceptors (Lipinski definition) is 4. The maximum atomic E-state index is 13.0. The highest BCUT2D eigenvalue weighted by molar-refractivity contribution is 8.13. The summed E-state index contributed by atoms with van der Waals surface area (Å²) in [7, 11) is 0. The molecule has 6 nitrogen and oxygen atoms in total. The van der Waals surface area contributed by atoms with Crippen molar-refractivity contribution < 1.29 is 9.59 Å². The Bertz CT molecular complexity index is 1430. The summed E-state index contributed by atoms with van der Waals surface area (Å²) >= 11 is 1.54. The topological polar surface area (TPSA) is 79.9 Å². The molecule has 2 aromatic heterocycles. The second-order valence-corrected chi connectivity index (χ2v) is 9.07. The highest BCUT2D eigenvalue weighted by Crippen LogP contribution is 2.35. The van der Waals surface area contributed by atoms with E-state index in [1.165, 1.54) is 11.8 Å². The minimum atomic E-state index is -0.388. The van der Waals surface area contributed by atoms with Gasteiger partial charge < -0.3 is 9.13 Å². The quantitative estimate of drug-likeness (QED) is 0.196. The van der Waals surface area contributed by atoms with E-state index in [4.69, 9.17) is 5.41 Å². The zero-order valence-corrected chi connectivity index (χ0v) is 18.4. The van der Waals surface area contributed by atoms with Gasteiger partial charge in [0, 0.05) is 41.2 Å². The number of hydrogen-bond donors (Lipinski definition) is 2. The third-order valence-electron chi connectivity index (χ3n) is 5.67. The Morgan fingerprint density at radius 3 is 2.56 bits per heavy atom. The molecule has 4 aromatic rings. The molecule has 0 aliphatic carbocycles. The summed E-state index contributed by atoms with van der Waals surface area (Å²) < 4.78 is 3.94. The molecular formula is C25H22N4O2S. The molecule has 1 aliphatic heterocycles. The average molecular weight is 443 g/mol. The SMILES string of the molecule is CC(=N)SCCCn1cc(C2=C(n3ccc4ccccc43)C(=O)NC2=O)c2ccccc21. The molecule has 0 fully saturated rings. The molecule has 2 N–H and O–H groups in total. The number of aryl methyl sites for hydroxylation is 1. The van der Waals surface area contributed by atoms with E-state index in [1.807, 2.05) is 67.0 Å². The molecule has 2 amide bonds. The molecular weight excluding hydrogens is 420 g/mol. The van der Waals surface area contributed by atoms with Crippen molar-refractivity contribution in [3.63, 3.8) is 0 Å². The van der Waals surface area contributed by atoms with E-state index in [1.54, 1.807) is 11.5 Å². The summed E-state index contributed by atoms with van der Waals surface area (Å²) in [6.07, 6.45) is 4.72. The van der Waals surface area contributed by atoms with Gasteiger partial charge in [-0.15, -0.1) is 11.8 Å². The number of para-hydroxylation sites is 2. The zero-order valence-electron chi connectivity index (χ0n) is 17.6. The monoisotopic (exact) mass is 442 g/mol. The van der Waals surface area contributed by atoms with Crippen LogP contribution in [0.4, 0.5) is 0 Å². The van der Waals surface area contributed by atoms with Crippen molar-refractivity contribution in [1.82, 2.24) is 14.5 Å². The van der Waals surface area contributed by atoms with Crippen molar-refractivity contribution in [1.29, 1.82) is 5.41 Å². The van der Waals surface area contributed by atoms with E-state index >= 15 is 0 Å². The second-order valence-electron chi connectivity index (χ2n) is 7.76. The van der Waals surface area contributed by atoms with E-state index in [0.717, 1.165) is 46.1 Å². The molecule has 3 heterocycles. The Kier molecular flexibility index (Phi) is 5.19. The number of amides is 2. The van der Waals surface area contributed by atoms with Crippen LogP contribution in [0.3, 0.4) is 0 Å². The van der Waals surface area contributed by atoms with Crippen LogP contribution in [0.15, 0.2) is 67.0 Å². The lowest BCUT2D eigenvalue weighted by atomic mass is 10.0. The maximum Gasteiger partial charge on any atom is 0.275 e. The Morgan fingerprint density at radius 2 is 1.75 bits per heavy atom. The van der Waals surface area contributed by atoms with Gasteiger partial charge in [0.15, 0.2) is 0 Å². The maximum absolute atomic E-state index is 13.0. The fourth-order valence-electron chi connectivity index (χ4n) is 4.29. The lowest BCUT2D eigenvalue weighted by molar-refractivity contribution is -0.122. The summed E-state index contributed by atoms with van der Waals surface area (Å²) in [4.78, 5) is 25.9. The molecule has 0 saturated carbocycles. The van der Waals surface area contributed by atoms with Crippen LogP contribution < -0.4 is 5.32 Å². The molecule has 2 aromatic carbocycles. The van der Waals surface area contributed by atoms with E-state index in [9.17, 15) is 9.59 Å². The van der Waals surface area contributed by atoms with Crippen LogP contribution in [0, 0.1) is 5.41 Å². The van der Waals surface area contributed by atoms with Crippen molar-refractivity contribution >= 4 is 61.7 Å². The first kappa shape index (κ1) is 20.3. The van der Waals surface area contributed by atoms with E-state index < -0.39 is 0 Å². The predicted octanol–water partition coefficient (Wildman–Crippen LogP) is 4.74. The van der Waals surface area contributed by atoms with Crippen molar-refractivity contribution in [3.05, 3.63) is 72.6 Å². The molecule has 0 saturated heterocycles. The first-order valence-corrected chi connectivity index (χ1v) is 11.5. The predicted molar refractivity (Wildman–Crippen MR) is 131 cm³/mol. The number of benzene rings is 2. The number of carbonyl (C=O) groups excluding carboxylic acids is 2. The van der Waals surface area contributed by atoms with Crippen LogP contribution in [0.1, 0.15) is 18.9 Å². The Labute approximate surface area is 189 Å². The molecule has 0 spiro atoms. The van der Waals surface area contributed by atoms with Gasteiger partial charge in [0.2, 0.25) is 0 Å². The van der Waals surface area contributed by atoms with Crippen LogP contribution >= 0.6 is 11.8 Å². The molecule has 0 bridgehead atoms. The van der Waals surface area contributed by atoms with Gasteiger partial charge in [0.1, 0.15) is 5.70 Å². The lowest BCUT2D eigenvalue weighted by Gasteiger charge is -2.07. The molecule has 32 heavy (non-hydrogen) atoms. The summed E-state index contributed by atoms with van der Waals surface area (Å²) in [6, 6.07) is 17.7. The summed E-state index contributed by atoms with van der Waals surface area (Å²) in [5.74, 6) is 0.0983. The summed E-state index contributed by atoms with van der Waals surface area (Å²) in [5.41, 5.74) is 3.42. The van der Waals surface area contributed by atoms with Crippen LogP contribution in [0.25, 0.3) is 33.1 Å². The van der Waals surface area contributed by atoms with Gasteiger partial charge in [-0.25, -0.2) is 0 Å². The van der Waals surface area contributed by atoms with Crippen LogP contribution in [0.5, 0.6) is 0 Å². The number of thioether (sulfide) groups is 1. The first-order valence-electron chi connectivity index (χ1n) is 10.5. The standard InChI is InChI=1S/C25H22N4O2S/c1-16(26)32-14-6-12-28-15-19(18-8-3-5-10-21(18)28)22-23(25(31)27-24(22)30)29-13-11-17-7-2-4-9-20(17)29/h2-5,7-11,13,15,26H,6,12,14H2,1H3,(H,27,30,31). The van der Waals surface area contributed by atoms with Gasteiger partial charge in [-0.05, 0) is 36.9 Å². The molecule has 1 aliphatic rings. The Hall–Kier alpha value is -3.58. The zero-order chi connectivity index (χ0) is 22.2. The Morgan fingerprint density at radius 1 is 1.00 bits per heavy atom. The van der Waals surface area contributed by atoms with E-state index in [0.29, 0.717) is 16.3 Å². The highest BCUT2D eigenvalue weighted by Gasteiger charge is 2.34. The van der Waals surface area contributed by atoms with Crippen LogP contribution in [0.2, 0.25) is 0 Å². The van der Waals surface area contributed by atoms with Gasteiger partial charge in [-0.2, -0.15) is 0 Å². The molecule has 5 rings (SSSR count). The Balaban J connectivity index is 1.65. The molecule has 0 radical (unpaired) electrons. The fourth-order valence-corrected chi connectivity index (χ4v) is 4.87. The highest BCUT2D eigenvalue weighted by atomic mass is 32.2. The van der Waals surface area contributed by atoms with Gasteiger partial charge in [0.05, 0.1) is 16.1 Å². The van der Waals surface area contributed by atoms with E-state index in [-0.39, 0.29) is 11.8 Å². The number of nitrogens with zero attached hydrogens (tertiary/aromatic N) is 2. The minimum Gasteiger partial charge on any atom is -0.347 e. The second kappa shape index (κ2) is 8.16. The third kappa shape index (κ3) is 3.44. The van der Waals surface area contributed by atoms with Crippen molar-refractivity contribution in [3.8, 4) is 0 Å². The molecule has 0 unspecified atom stereocenters. The number of aromatic nitrogens is 2. The van der Waals surface area contributed by atoms with Crippen molar-refractivity contribution in [2.24, 2.45) is 0 Å². The van der Waals surface area contributed by atoms with Gasteiger partial charge in [0.25, 0.3) is 11.8 Å². The largest absolute Gasteiger partial charge is 0.347 e. The van der Waals surface area contributed by atoms with Crippen LogP contribution in [-0.4, -0.2) is 31.7 Å². The molecule has 160 valence electrons. The van der Waals surface area contributed by atoms with Gasteiger partial charge >= 0.3 is 0 Å². The molecule has 7 heteroatoms. The number of nitrogens with one attached hydrogen (secondary N) is 2. The third-order valence-corrected chi connectivity index (χ3v) is 6.59. The fraction of sp³-hybridized carbons (Fsp3) is 0.160. The van der Waals surface area contributed by atoms with Gasteiger partial charge in [-0.1, -0.05) is 36.4 Å². The number of rotatable bonds is 6. The summed E-state index contributed by atoms with van der Waals surface area (Å²) in [6.45, 7) is 2.56. The average Bonchev–Trinajstić information content (AvgIpc) is 3.44. The first-order chi connectivity index (χ1) is 15.5. The van der Waals surface area contributed by atoms with E-state index in [2.05, 4.69) is 9.88 Å². The molecule has 0 atom stereocenters. The van der Waals surface area contributed by atoms with Crippen LogP contribution in [-0.2, 0) is 16.1 Å². The lowest BCUT2D eigenvalue weighted by Crippen LogP contribution is -2.23. The summed E-state index contributed by atoms with van der Waals surface area (Å²) in [5, 5.41) is 12.6. The normalized spacial score (nSPS) is 14.0. The number of fused-ring (bicyclic) bond motifs is 2. The van der Waals surface area contributed by atoms with Gasteiger partial charge in [-0.3, -0.25) is 20.3 Å². The smallest absolute Gasteiger partial charge is 0.275 e. The number of carbonyl (C=O) groups is 2.